The van der Waals surface area contributed by atoms with Crippen LogP contribution in [0.15, 0.2) is 6.20 Å². The van der Waals surface area contributed by atoms with Gasteiger partial charge in [0.1, 0.15) is 0 Å². The van der Waals surface area contributed by atoms with Crippen LogP contribution < -0.4 is 11.3 Å². The second kappa shape index (κ2) is 5.79. The number of hydrazine groups is 1. The van der Waals surface area contributed by atoms with Gasteiger partial charge in [-0.15, -0.1) is 5.10 Å². The highest BCUT2D eigenvalue weighted by Crippen LogP contribution is 2.07. The van der Waals surface area contributed by atoms with Gasteiger partial charge in [-0.2, -0.15) is 0 Å². The lowest BCUT2D eigenvalue weighted by Gasteiger charge is -2.23. The van der Waals surface area contributed by atoms with Gasteiger partial charge in [0.25, 0.3) is 0 Å². The second-order valence-corrected chi connectivity index (χ2v) is 3.54. The van der Waals surface area contributed by atoms with E-state index in [-0.39, 0.29) is 12.1 Å². The van der Waals surface area contributed by atoms with E-state index in [1.807, 2.05) is 13.2 Å². The molecule has 1 aromatic heterocycles. The van der Waals surface area contributed by atoms with Crippen LogP contribution in [0.25, 0.3) is 0 Å². The quantitative estimate of drug-likeness (QED) is 0.497. The molecule has 0 saturated heterocycles. The lowest BCUT2D eigenvalue weighted by atomic mass is 10.0. The summed E-state index contributed by atoms with van der Waals surface area (Å²) in [5.74, 6) is 5.49. The normalized spacial score (nSPS) is 15.2. The third-order valence-corrected chi connectivity index (χ3v) is 2.45. The van der Waals surface area contributed by atoms with Crippen LogP contribution in [0.3, 0.4) is 0 Å². The first-order valence-corrected chi connectivity index (χ1v) is 5.05. The van der Waals surface area contributed by atoms with E-state index >= 15 is 0 Å². The molecule has 15 heavy (non-hydrogen) atoms. The van der Waals surface area contributed by atoms with Crippen molar-refractivity contribution in [3.05, 3.63) is 11.9 Å². The van der Waals surface area contributed by atoms with Crippen LogP contribution >= 0.6 is 0 Å². The molecule has 0 aliphatic rings. The Labute approximate surface area is 89.8 Å². The van der Waals surface area contributed by atoms with Crippen LogP contribution in [-0.2, 0) is 18.2 Å². The Morgan fingerprint density at radius 2 is 2.40 bits per heavy atom. The topological polar surface area (TPSA) is 78.0 Å². The molecule has 1 aromatic rings. The molecular weight excluding hydrogens is 194 g/mol. The van der Waals surface area contributed by atoms with Crippen LogP contribution in [-0.4, -0.2) is 34.2 Å². The van der Waals surface area contributed by atoms with Crippen molar-refractivity contribution in [2.45, 2.75) is 31.9 Å². The smallest absolute Gasteiger partial charge is 0.0844 e. The SMILES string of the molecule is CCC(OC)C(Cc1cn(C)nn1)NN. The first kappa shape index (κ1) is 12.1. The average molecular weight is 213 g/mol. The van der Waals surface area contributed by atoms with Crippen LogP contribution in [0.5, 0.6) is 0 Å². The number of methoxy groups -OCH3 is 1. The first-order chi connectivity index (χ1) is 7.21. The molecule has 2 unspecified atom stereocenters. The molecule has 3 N–H and O–H groups in total. The highest BCUT2D eigenvalue weighted by molar-refractivity contribution is 4.97. The van der Waals surface area contributed by atoms with Gasteiger partial charge in [-0.1, -0.05) is 12.1 Å². The maximum absolute atomic E-state index is 5.49. The van der Waals surface area contributed by atoms with Gasteiger partial charge < -0.3 is 4.74 Å². The van der Waals surface area contributed by atoms with Gasteiger partial charge in [-0.3, -0.25) is 16.0 Å². The molecule has 1 rings (SSSR count). The minimum absolute atomic E-state index is 0.0664. The van der Waals surface area contributed by atoms with Gasteiger partial charge in [0.15, 0.2) is 0 Å². The molecule has 0 spiro atoms. The molecule has 0 saturated carbocycles. The summed E-state index contributed by atoms with van der Waals surface area (Å²) in [7, 11) is 3.53. The lowest BCUT2D eigenvalue weighted by Crippen LogP contribution is -2.46. The summed E-state index contributed by atoms with van der Waals surface area (Å²) in [6.45, 7) is 2.06. The molecular formula is C9H19N5O. The predicted molar refractivity (Wildman–Crippen MR) is 56.9 cm³/mol. The fourth-order valence-corrected chi connectivity index (χ4v) is 1.63. The monoisotopic (exact) mass is 213 g/mol. The van der Waals surface area contributed by atoms with Gasteiger partial charge in [-0.25, -0.2) is 0 Å². The zero-order chi connectivity index (χ0) is 11.3. The number of nitrogens with zero attached hydrogens (tertiary/aromatic N) is 3. The van der Waals surface area contributed by atoms with Crippen molar-refractivity contribution < 1.29 is 4.74 Å². The largest absolute Gasteiger partial charge is 0.380 e. The van der Waals surface area contributed by atoms with Gasteiger partial charge in [0, 0.05) is 26.8 Å². The van der Waals surface area contributed by atoms with E-state index in [0.717, 1.165) is 18.5 Å². The Balaban J connectivity index is 2.60. The van der Waals surface area contributed by atoms with E-state index in [2.05, 4.69) is 22.7 Å². The van der Waals surface area contributed by atoms with Crippen molar-refractivity contribution >= 4 is 0 Å². The summed E-state index contributed by atoms with van der Waals surface area (Å²) < 4.78 is 7.01. The number of aryl methyl sites for hydroxylation is 1. The zero-order valence-electron chi connectivity index (χ0n) is 9.47. The third-order valence-electron chi connectivity index (χ3n) is 2.45. The number of rotatable bonds is 6. The number of nitrogens with two attached hydrogens (primary N) is 1. The molecule has 0 fully saturated rings. The molecule has 0 bridgehead atoms. The van der Waals surface area contributed by atoms with Crippen molar-refractivity contribution in [1.82, 2.24) is 20.4 Å². The Hall–Kier alpha value is -0.980. The van der Waals surface area contributed by atoms with Gasteiger partial charge in [-0.05, 0) is 6.42 Å². The highest BCUT2D eigenvalue weighted by atomic mass is 16.5. The predicted octanol–water partition coefficient (Wildman–Crippen LogP) is -0.385. The molecule has 86 valence electrons. The Bertz CT molecular complexity index is 284. The van der Waals surface area contributed by atoms with Gasteiger partial charge >= 0.3 is 0 Å². The van der Waals surface area contributed by atoms with Crippen LogP contribution in [0.4, 0.5) is 0 Å². The van der Waals surface area contributed by atoms with Crippen LogP contribution in [0.2, 0.25) is 0 Å². The third kappa shape index (κ3) is 3.26. The maximum Gasteiger partial charge on any atom is 0.0844 e. The standard InChI is InChI=1S/C9H19N5O/c1-4-9(15-3)8(11-10)5-7-6-14(2)13-12-7/h6,8-9,11H,4-5,10H2,1-3H3. The summed E-state index contributed by atoms with van der Waals surface area (Å²) in [6, 6.07) is 0.0664. The molecule has 6 nitrogen and oxygen atoms in total. The van der Waals surface area contributed by atoms with Crippen molar-refractivity contribution in [3.63, 3.8) is 0 Å². The molecule has 6 heteroatoms. The molecule has 0 aliphatic heterocycles. The number of hydrogen-bond donors (Lipinski definition) is 2. The second-order valence-electron chi connectivity index (χ2n) is 3.54. The fourth-order valence-electron chi connectivity index (χ4n) is 1.63. The van der Waals surface area contributed by atoms with E-state index in [1.54, 1.807) is 11.8 Å². The first-order valence-electron chi connectivity index (χ1n) is 5.05. The Morgan fingerprint density at radius 3 is 2.80 bits per heavy atom. The van der Waals surface area contributed by atoms with E-state index in [1.165, 1.54) is 0 Å². The van der Waals surface area contributed by atoms with E-state index < -0.39 is 0 Å². The fraction of sp³-hybridized carbons (Fsp3) is 0.778. The van der Waals surface area contributed by atoms with Gasteiger partial charge in [0.2, 0.25) is 0 Å². The summed E-state index contributed by atoms with van der Waals surface area (Å²) in [6.07, 6.45) is 3.60. The van der Waals surface area contributed by atoms with Crippen LogP contribution in [0.1, 0.15) is 19.0 Å². The molecule has 0 aliphatic carbocycles. The molecule has 1 heterocycles. The molecule has 2 atom stereocenters. The number of hydrogen-bond acceptors (Lipinski definition) is 5. The van der Waals surface area contributed by atoms with Crippen molar-refractivity contribution in [2.24, 2.45) is 12.9 Å². The highest BCUT2D eigenvalue weighted by Gasteiger charge is 2.19. The van der Waals surface area contributed by atoms with Crippen molar-refractivity contribution in [1.29, 1.82) is 0 Å². The van der Waals surface area contributed by atoms with E-state index in [4.69, 9.17) is 10.6 Å². The molecule has 0 radical (unpaired) electrons. The average Bonchev–Trinajstić information content (AvgIpc) is 2.64. The van der Waals surface area contributed by atoms with E-state index in [0.29, 0.717) is 0 Å². The number of nitrogens with one attached hydrogen (secondary N) is 1. The van der Waals surface area contributed by atoms with E-state index in [9.17, 15) is 0 Å². The minimum Gasteiger partial charge on any atom is -0.380 e. The number of ether oxygens (including phenoxy) is 1. The number of aromatic nitrogens is 3. The molecule has 0 amide bonds. The minimum atomic E-state index is 0.0664. The Kier molecular flexibility index (Phi) is 4.67. The van der Waals surface area contributed by atoms with Crippen molar-refractivity contribution in [3.8, 4) is 0 Å². The summed E-state index contributed by atoms with van der Waals surface area (Å²) in [5, 5.41) is 7.89. The summed E-state index contributed by atoms with van der Waals surface area (Å²) in [5.41, 5.74) is 3.67. The summed E-state index contributed by atoms with van der Waals surface area (Å²) >= 11 is 0. The molecule has 0 aromatic carbocycles. The zero-order valence-corrected chi connectivity index (χ0v) is 9.47. The van der Waals surface area contributed by atoms with Crippen molar-refractivity contribution in [2.75, 3.05) is 7.11 Å². The summed E-state index contributed by atoms with van der Waals surface area (Å²) in [4.78, 5) is 0. The van der Waals surface area contributed by atoms with Crippen LogP contribution in [0, 0.1) is 0 Å². The van der Waals surface area contributed by atoms with Gasteiger partial charge in [0.05, 0.1) is 17.8 Å². The maximum atomic E-state index is 5.49. The lowest BCUT2D eigenvalue weighted by molar-refractivity contribution is 0.0650. The Morgan fingerprint density at radius 1 is 1.67 bits per heavy atom.